The van der Waals surface area contributed by atoms with Crippen molar-refractivity contribution in [2.24, 2.45) is 0 Å². The van der Waals surface area contributed by atoms with Gasteiger partial charge in [0.2, 0.25) is 0 Å². The van der Waals surface area contributed by atoms with Crippen molar-refractivity contribution >= 4 is 39.8 Å². The lowest BCUT2D eigenvalue weighted by Crippen LogP contribution is -2.15. The van der Waals surface area contributed by atoms with Gasteiger partial charge in [-0.05, 0) is 54.1 Å². The van der Waals surface area contributed by atoms with Crippen LogP contribution in [-0.4, -0.2) is 38.7 Å². The van der Waals surface area contributed by atoms with Crippen LogP contribution in [0.1, 0.15) is 34.6 Å². The smallest absolute Gasteiger partial charge is 0.341 e. The number of thiophene rings is 1. The molecule has 0 saturated carbocycles. The number of tetrazole rings is 1. The monoisotopic (exact) mass is 481 g/mol. The predicted octanol–water partition coefficient (Wildman–Crippen LogP) is 5.17. The molecule has 0 aliphatic heterocycles. The van der Waals surface area contributed by atoms with Crippen molar-refractivity contribution in [2.45, 2.75) is 20.4 Å². The molecule has 0 aliphatic rings. The zero-order chi connectivity index (χ0) is 23.4. The van der Waals surface area contributed by atoms with Crippen LogP contribution >= 0.6 is 22.9 Å². The summed E-state index contributed by atoms with van der Waals surface area (Å²) in [6.45, 7) is 4.49. The molecule has 4 rings (SSSR count). The maximum Gasteiger partial charge on any atom is 0.341 e. The van der Waals surface area contributed by atoms with Gasteiger partial charge in [-0.2, -0.15) is 0 Å². The third kappa shape index (κ3) is 4.79. The summed E-state index contributed by atoms with van der Waals surface area (Å²) in [5.74, 6) is -0.294. The maximum atomic E-state index is 13.1. The Morgan fingerprint density at radius 1 is 1.12 bits per heavy atom. The molecule has 168 valence electrons. The molecule has 0 fully saturated rings. The Morgan fingerprint density at radius 3 is 2.64 bits per heavy atom. The summed E-state index contributed by atoms with van der Waals surface area (Å²) < 4.78 is 6.91. The summed E-state index contributed by atoms with van der Waals surface area (Å²) in [5.41, 5.74) is 2.90. The van der Waals surface area contributed by atoms with Gasteiger partial charge >= 0.3 is 5.97 Å². The van der Waals surface area contributed by atoms with E-state index >= 15 is 0 Å². The van der Waals surface area contributed by atoms with E-state index in [1.165, 1.54) is 11.3 Å². The molecule has 2 heterocycles. The van der Waals surface area contributed by atoms with Gasteiger partial charge in [0.1, 0.15) is 10.6 Å². The first-order valence-corrected chi connectivity index (χ1v) is 11.5. The Kier molecular flexibility index (Phi) is 6.81. The Balaban J connectivity index is 1.66. The molecule has 1 N–H and O–H groups in total. The number of esters is 1. The number of carbonyl (C=O) groups is 2. The lowest BCUT2D eigenvalue weighted by atomic mass is 10.0. The second-order valence-electron chi connectivity index (χ2n) is 6.93. The maximum absolute atomic E-state index is 13.1. The highest BCUT2D eigenvalue weighted by atomic mass is 35.5. The van der Waals surface area contributed by atoms with Gasteiger partial charge in [0.25, 0.3) is 5.91 Å². The van der Waals surface area contributed by atoms with Gasteiger partial charge in [-0.15, -0.1) is 16.4 Å². The molecule has 0 unspecified atom stereocenters. The van der Waals surface area contributed by atoms with Gasteiger partial charge < -0.3 is 10.1 Å². The Labute approximate surface area is 199 Å². The van der Waals surface area contributed by atoms with E-state index in [0.29, 0.717) is 44.6 Å². The summed E-state index contributed by atoms with van der Waals surface area (Å²) in [6, 6.07) is 14.1. The largest absolute Gasteiger partial charge is 0.462 e. The fourth-order valence-corrected chi connectivity index (χ4v) is 4.38. The number of aromatic nitrogens is 4. The molecular formula is C23H20ClN5O3S. The zero-order valence-corrected chi connectivity index (χ0v) is 19.5. The van der Waals surface area contributed by atoms with Crippen molar-refractivity contribution < 1.29 is 14.3 Å². The van der Waals surface area contributed by atoms with Crippen molar-refractivity contribution in [3.8, 4) is 22.5 Å². The van der Waals surface area contributed by atoms with Gasteiger partial charge in [0.15, 0.2) is 5.82 Å². The molecule has 0 atom stereocenters. The van der Waals surface area contributed by atoms with Crippen LogP contribution in [0.25, 0.3) is 22.5 Å². The van der Waals surface area contributed by atoms with Gasteiger partial charge in [0, 0.05) is 33.6 Å². The first-order chi connectivity index (χ1) is 16.0. The molecule has 33 heavy (non-hydrogen) atoms. The molecule has 2 aromatic carbocycles. The van der Waals surface area contributed by atoms with Crippen molar-refractivity contribution in [3.05, 3.63) is 70.1 Å². The van der Waals surface area contributed by atoms with Crippen molar-refractivity contribution in [1.82, 2.24) is 20.2 Å². The average molecular weight is 482 g/mol. The third-order valence-electron chi connectivity index (χ3n) is 4.87. The Morgan fingerprint density at radius 2 is 1.91 bits per heavy atom. The fraction of sp³-hybridized carbons (Fsp3) is 0.174. The molecule has 10 heteroatoms. The summed E-state index contributed by atoms with van der Waals surface area (Å²) >= 11 is 7.26. The number of rotatable bonds is 7. The lowest BCUT2D eigenvalue weighted by Gasteiger charge is -2.10. The quantitative estimate of drug-likeness (QED) is 0.365. The molecular weight excluding hydrogens is 462 g/mol. The van der Waals surface area contributed by atoms with E-state index < -0.39 is 5.97 Å². The summed E-state index contributed by atoms with van der Waals surface area (Å²) in [4.78, 5) is 25.8. The lowest BCUT2D eigenvalue weighted by molar-refractivity contribution is 0.0529. The standard InChI is InChI=1S/C23H20ClN5O3S/c1-3-29-20(26-27-28-29)15-6-5-7-16(12-15)21(30)25-22-19(23(31)32-4-2)18(13-33-22)14-8-10-17(24)11-9-14/h5-13H,3-4H2,1-2H3,(H,25,30). The number of halogens is 1. The highest BCUT2D eigenvalue weighted by molar-refractivity contribution is 7.15. The summed E-state index contributed by atoms with van der Waals surface area (Å²) in [6.07, 6.45) is 0. The molecule has 8 nitrogen and oxygen atoms in total. The number of benzene rings is 2. The van der Waals surface area contributed by atoms with E-state index in [2.05, 4.69) is 20.8 Å². The molecule has 0 bridgehead atoms. The van der Waals surface area contributed by atoms with Crippen molar-refractivity contribution in [2.75, 3.05) is 11.9 Å². The van der Waals surface area contributed by atoms with Crippen LogP contribution < -0.4 is 5.32 Å². The van der Waals surface area contributed by atoms with Gasteiger partial charge in [-0.25, -0.2) is 9.48 Å². The first-order valence-electron chi connectivity index (χ1n) is 10.2. The number of aryl methyl sites for hydroxylation is 1. The van der Waals surface area contributed by atoms with E-state index in [1.807, 2.05) is 30.5 Å². The molecule has 0 spiro atoms. The van der Waals surface area contributed by atoms with Crippen LogP contribution in [0.5, 0.6) is 0 Å². The van der Waals surface area contributed by atoms with Crippen LogP contribution in [0.3, 0.4) is 0 Å². The highest BCUT2D eigenvalue weighted by Gasteiger charge is 2.23. The van der Waals surface area contributed by atoms with Gasteiger partial charge in [-0.3, -0.25) is 4.79 Å². The van der Waals surface area contributed by atoms with E-state index in [9.17, 15) is 9.59 Å². The number of hydrogen-bond acceptors (Lipinski definition) is 7. The minimum absolute atomic E-state index is 0.219. The summed E-state index contributed by atoms with van der Waals surface area (Å²) in [5, 5.41) is 17.4. The first kappa shape index (κ1) is 22.6. The minimum Gasteiger partial charge on any atom is -0.462 e. The van der Waals surface area contributed by atoms with Crippen LogP contribution in [0, 0.1) is 0 Å². The van der Waals surface area contributed by atoms with E-state index in [1.54, 1.807) is 41.9 Å². The Hall–Kier alpha value is -3.56. The Bertz CT molecular complexity index is 1300. The number of ether oxygens (including phenoxy) is 1. The second-order valence-corrected chi connectivity index (χ2v) is 8.25. The van der Waals surface area contributed by atoms with Crippen LogP contribution in [0.2, 0.25) is 5.02 Å². The number of hydrogen-bond donors (Lipinski definition) is 1. The highest BCUT2D eigenvalue weighted by Crippen LogP contribution is 2.37. The van der Waals surface area contributed by atoms with E-state index in [-0.39, 0.29) is 12.5 Å². The third-order valence-corrected chi connectivity index (χ3v) is 6.01. The molecule has 0 aliphatic carbocycles. The zero-order valence-electron chi connectivity index (χ0n) is 17.9. The normalized spacial score (nSPS) is 10.8. The number of amides is 1. The van der Waals surface area contributed by atoms with Crippen molar-refractivity contribution in [3.63, 3.8) is 0 Å². The van der Waals surface area contributed by atoms with Crippen LogP contribution in [0.15, 0.2) is 53.9 Å². The molecule has 0 radical (unpaired) electrons. The average Bonchev–Trinajstić information content (AvgIpc) is 3.47. The van der Waals surface area contributed by atoms with Crippen molar-refractivity contribution in [1.29, 1.82) is 0 Å². The SMILES string of the molecule is CCOC(=O)c1c(-c2ccc(Cl)cc2)csc1NC(=O)c1cccc(-c2nnnn2CC)c1. The minimum atomic E-state index is -0.505. The molecule has 2 aromatic heterocycles. The molecule has 0 saturated heterocycles. The topological polar surface area (TPSA) is 99.0 Å². The number of nitrogens with zero attached hydrogens (tertiary/aromatic N) is 4. The van der Waals surface area contributed by atoms with Gasteiger partial charge in [-0.1, -0.05) is 35.9 Å². The van der Waals surface area contributed by atoms with E-state index in [0.717, 1.165) is 5.56 Å². The summed E-state index contributed by atoms with van der Waals surface area (Å²) in [7, 11) is 0. The van der Waals surface area contributed by atoms with Crippen LogP contribution in [0.4, 0.5) is 5.00 Å². The number of nitrogens with one attached hydrogen (secondary N) is 1. The number of carbonyl (C=O) groups excluding carboxylic acids is 2. The molecule has 4 aromatic rings. The van der Waals surface area contributed by atoms with Crippen LogP contribution in [-0.2, 0) is 11.3 Å². The van der Waals surface area contributed by atoms with Gasteiger partial charge in [0.05, 0.1) is 6.61 Å². The number of anilines is 1. The predicted molar refractivity (Wildman–Crippen MR) is 128 cm³/mol. The van der Waals surface area contributed by atoms with E-state index in [4.69, 9.17) is 16.3 Å². The molecule has 1 amide bonds. The fourth-order valence-electron chi connectivity index (χ4n) is 3.30. The second kappa shape index (κ2) is 9.93.